The number of benzene rings is 2. The average Bonchev–Trinajstić information content (AvgIpc) is 3.25. The van der Waals surface area contributed by atoms with Crippen LogP contribution in [0.3, 0.4) is 0 Å². The Balaban J connectivity index is 1.33. The molecule has 1 saturated heterocycles. The van der Waals surface area contributed by atoms with Gasteiger partial charge in [0, 0.05) is 37.4 Å². The van der Waals surface area contributed by atoms with Gasteiger partial charge < -0.3 is 14.2 Å². The van der Waals surface area contributed by atoms with Gasteiger partial charge in [-0.1, -0.05) is 12.1 Å². The molecular formula is C21H23N5O. The van der Waals surface area contributed by atoms with Gasteiger partial charge in [0.25, 0.3) is 0 Å². The number of anilines is 2. The number of oxazole rings is 1. The molecule has 138 valence electrons. The predicted molar refractivity (Wildman–Crippen MR) is 109 cm³/mol. The van der Waals surface area contributed by atoms with Crippen LogP contribution in [-0.4, -0.2) is 49.3 Å². The van der Waals surface area contributed by atoms with Crippen molar-refractivity contribution >= 4 is 17.6 Å². The van der Waals surface area contributed by atoms with Crippen LogP contribution in [0.1, 0.15) is 5.56 Å². The summed E-state index contributed by atoms with van der Waals surface area (Å²) in [5.74, 6) is 0.755. The molecule has 2 heterocycles. The fraction of sp³-hybridized carbons (Fsp3) is 0.238. The molecule has 6 heteroatoms. The Morgan fingerprint density at radius 2 is 1.74 bits per heavy atom. The lowest BCUT2D eigenvalue weighted by Gasteiger charge is -2.34. The molecule has 0 amide bonds. The second-order valence-electron chi connectivity index (χ2n) is 6.69. The zero-order valence-electron chi connectivity index (χ0n) is 15.4. The van der Waals surface area contributed by atoms with E-state index in [9.17, 15) is 0 Å². The summed E-state index contributed by atoms with van der Waals surface area (Å²) in [6.07, 6.45) is 4.96. The molecule has 4 rings (SSSR count). The van der Waals surface area contributed by atoms with Gasteiger partial charge in [-0.2, -0.15) is 5.10 Å². The highest BCUT2D eigenvalue weighted by atomic mass is 16.3. The van der Waals surface area contributed by atoms with Gasteiger partial charge in [0.2, 0.25) is 0 Å². The minimum absolute atomic E-state index is 0.755. The van der Waals surface area contributed by atoms with Gasteiger partial charge >= 0.3 is 0 Å². The summed E-state index contributed by atoms with van der Waals surface area (Å²) in [5.41, 5.74) is 7.31. The molecule has 0 radical (unpaired) electrons. The molecule has 6 nitrogen and oxygen atoms in total. The van der Waals surface area contributed by atoms with E-state index in [2.05, 4.69) is 56.6 Å². The van der Waals surface area contributed by atoms with Gasteiger partial charge in [-0.3, -0.25) is 5.43 Å². The van der Waals surface area contributed by atoms with E-state index in [1.807, 2.05) is 30.5 Å². The lowest BCUT2D eigenvalue weighted by molar-refractivity contribution is 0.313. The minimum Gasteiger partial charge on any atom is -0.444 e. The number of nitrogens with one attached hydrogen (secondary N) is 1. The van der Waals surface area contributed by atoms with Crippen LogP contribution in [0.25, 0.3) is 11.3 Å². The van der Waals surface area contributed by atoms with E-state index in [1.54, 1.807) is 6.20 Å². The fourth-order valence-corrected chi connectivity index (χ4v) is 3.08. The summed E-state index contributed by atoms with van der Waals surface area (Å²) in [6.45, 7) is 4.38. The quantitative estimate of drug-likeness (QED) is 0.556. The Kier molecular flexibility index (Phi) is 5.16. The molecule has 1 aliphatic rings. The fourth-order valence-electron chi connectivity index (χ4n) is 3.08. The highest BCUT2D eigenvalue weighted by molar-refractivity contribution is 5.81. The maximum atomic E-state index is 5.29. The number of hydrogen-bond donors (Lipinski definition) is 1. The number of likely N-dealkylation sites (N-methyl/N-ethyl adjacent to an activating group) is 1. The molecule has 1 aromatic heterocycles. The van der Waals surface area contributed by atoms with E-state index in [0.717, 1.165) is 48.8 Å². The normalized spacial score (nSPS) is 15.4. The molecule has 1 fully saturated rings. The first-order chi connectivity index (χ1) is 13.3. The summed E-state index contributed by atoms with van der Waals surface area (Å²) in [5, 5.41) is 4.33. The van der Waals surface area contributed by atoms with Crippen molar-refractivity contribution < 1.29 is 4.42 Å². The largest absolute Gasteiger partial charge is 0.444 e. The number of hydrogen-bond acceptors (Lipinski definition) is 6. The third-order valence-electron chi connectivity index (χ3n) is 4.77. The number of aromatic nitrogens is 1. The van der Waals surface area contributed by atoms with Crippen LogP contribution < -0.4 is 10.3 Å². The SMILES string of the molecule is CN1CCN(c2ccc(/C=N/Nc3ccc(-c4cnco4)cc3)cc2)CC1. The number of nitrogens with zero attached hydrogens (tertiary/aromatic N) is 4. The number of hydrazone groups is 1. The van der Waals surface area contributed by atoms with Gasteiger partial charge in [-0.25, -0.2) is 4.98 Å². The van der Waals surface area contributed by atoms with E-state index >= 15 is 0 Å². The highest BCUT2D eigenvalue weighted by Gasteiger charge is 2.13. The zero-order valence-corrected chi connectivity index (χ0v) is 15.4. The van der Waals surface area contributed by atoms with Gasteiger partial charge in [0.1, 0.15) is 0 Å². The average molecular weight is 361 g/mol. The van der Waals surface area contributed by atoms with Gasteiger partial charge in [0.05, 0.1) is 18.1 Å². The van der Waals surface area contributed by atoms with Crippen LogP contribution in [0.4, 0.5) is 11.4 Å². The topological polar surface area (TPSA) is 56.9 Å². The van der Waals surface area contributed by atoms with E-state index in [1.165, 1.54) is 12.1 Å². The van der Waals surface area contributed by atoms with Crippen molar-refractivity contribution in [3.8, 4) is 11.3 Å². The van der Waals surface area contributed by atoms with Crippen molar-refractivity contribution in [1.82, 2.24) is 9.88 Å². The first-order valence-electron chi connectivity index (χ1n) is 9.09. The lowest BCUT2D eigenvalue weighted by atomic mass is 10.2. The van der Waals surface area contributed by atoms with Gasteiger partial charge in [-0.15, -0.1) is 0 Å². The third kappa shape index (κ3) is 4.35. The van der Waals surface area contributed by atoms with E-state index in [0.29, 0.717) is 0 Å². The van der Waals surface area contributed by atoms with Gasteiger partial charge in [0.15, 0.2) is 12.2 Å². The second kappa shape index (κ2) is 8.05. The Labute approximate surface area is 159 Å². The van der Waals surface area contributed by atoms with Crippen LogP contribution in [0.15, 0.2) is 70.6 Å². The van der Waals surface area contributed by atoms with Crippen molar-refractivity contribution in [3.05, 3.63) is 66.7 Å². The van der Waals surface area contributed by atoms with Crippen molar-refractivity contribution in [2.24, 2.45) is 5.10 Å². The maximum absolute atomic E-state index is 5.29. The monoisotopic (exact) mass is 361 g/mol. The van der Waals surface area contributed by atoms with Crippen molar-refractivity contribution in [2.75, 3.05) is 43.6 Å². The Morgan fingerprint density at radius 3 is 2.41 bits per heavy atom. The molecule has 3 aromatic rings. The summed E-state index contributed by atoms with van der Waals surface area (Å²) < 4.78 is 5.29. The Hall–Kier alpha value is -3.12. The zero-order chi connectivity index (χ0) is 18.5. The summed E-state index contributed by atoms with van der Waals surface area (Å²) >= 11 is 0. The number of piperazine rings is 1. The maximum Gasteiger partial charge on any atom is 0.181 e. The minimum atomic E-state index is 0.755. The molecule has 0 atom stereocenters. The van der Waals surface area contributed by atoms with Crippen LogP contribution in [0, 0.1) is 0 Å². The summed E-state index contributed by atoms with van der Waals surface area (Å²) in [6, 6.07) is 16.4. The predicted octanol–water partition coefficient (Wildman–Crippen LogP) is 3.54. The first-order valence-corrected chi connectivity index (χ1v) is 9.09. The van der Waals surface area contributed by atoms with Crippen LogP contribution >= 0.6 is 0 Å². The molecular weight excluding hydrogens is 338 g/mol. The molecule has 0 bridgehead atoms. The van der Waals surface area contributed by atoms with E-state index in [-0.39, 0.29) is 0 Å². The molecule has 1 N–H and O–H groups in total. The van der Waals surface area contributed by atoms with Crippen molar-refractivity contribution in [2.45, 2.75) is 0 Å². The Bertz CT molecular complexity index is 864. The molecule has 0 aliphatic carbocycles. The highest BCUT2D eigenvalue weighted by Crippen LogP contribution is 2.21. The van der Waals surface area contributed by atoms with Gasteiger partial charge in [-0.05, 0) is 49.0 Å². The molecule has 0 spiro atoms. The van der Waals surface area contributed by atoms with Crippen LogP contribution in [0.5, 0.6) is 0 Å². The van der Waals surface area contributed by atoms with Crippen molar-refractivity contribution in [1.29, 1.82) is 0 Å². The summed E-state index contributed by atoms with van der Waals surface area (Å²) in [7, 11) is 2.17. The second-order valence-corrected chi connectivity index (χ2v) is 6.69. The molecule has 2 aromatic carbocycles. The molecule has 27 heavy (non-hydrogen) atoms. The summed E-state index contributed by atoms with van der Waals surface area (Å²) in [4.78, 5) is 8.72. The van der Waals surface area contributed by atoms with E-state index < -0.39 is 0 Å². The lowest BCUT2D eigenvalue weighted by Crippen LogP contribution is -2.44. The molecule has 0 saturated carbocycles. The smallest absolute Gasteiger partial charge is 0.181 e. The Morgan fingerprint density at radius 1 is 1.00 bits per heavy atom. The van der Waals surface area contributed by atoms with Crippen LogP contribution in [0.2, 0.25) is 0 Å². The van der Waals surface area contributed by atoms with Crippen molar-refractivity contribution in [3.63, 3.8) is 0 Å². The first kappa shape index (κ1) is 17.3. The molecule has 0 unspecified atom stereocenters. The number of rotatable bonds is 5. The molecule has 1 aliphatic heterocycles. The van der Waals surface area contributed by atoms with Crippen LogP contribution in [-0.2, 0) is 0 Å². The standard InChI is InChI=1S/C21H23N5O/c1-25-10-12-26(13-11-25)20-8-2-17(3-9-20)14-23-24-19-6-4-18(5-7-19)21-15-22-16-27-21/h2-9,14-16,24H,10-13H2,1H3/b23-14+. The third-order valence-corrected chi connectivity index (χ3v) is 4.77. The van der Waals surface area contributed by atoms with E-state index in [4.69, 9.17) is 4.42 Å².